The Bertz CT molecular complexity index is 1190. The number of hydrogen-bond acceptors (Lipinski definition) is 7. The molecule has 2 aromatic carbocycles. The predicted octanol–water partition coefficient (Wildman–Crippen LogP) is 4.50. The van der Waals surface area contributed by atoms with Crippen molar-refractivity contribution in [3.63, 3.8) is 0 Å². The summed E-state index contributed by atoms with van der Waals surface area (Å²) < 4.78 is 16.7. The second kappa shape index (κ2) is 15.3. The summed E-state index contributed by atoms with van der Waals surface area (Å²) in [5.74, 6) is 0.383. The van der Waals surface area contributed by atoms with E-state index in [4.69, 9.17) is 14.2 Å². The lowest BCUT2D eigenvalue weighted by molar-refractivity contribution is -0.143. The van der Waals surface area contributed by atoms with Crippen molar-refractivity contribution in [2.75, 3.05) is 60.7 Å². The number of unbranched alkanes of at least 4 members (excludes halogenated alkanes) is 2. The third kappa shape index (κ3) is 7.95. The normalized spacial score (nSPS) is 19.8. The van der Waals surface area contributed by atoms with Crippen LogP contribution in [-0.2, 0) is 16.0 Å². The van der Waals surface area contributed by atoms with E-state index in [-0.39, 0.29) is 31.2 Å². The van der Waals surface area contributed by atoms with Crippen LogP contribution in [0.4, 0.5) is 0 Å². The average Bonchev–Trinajstić information content (AvgIpc) is 3.59. The first-order chi connectivity index (χ1) is 20.3. The summed E-state index contributed by atoms with van der Waals surface area (Å²) in [5.41, 5.74) is 1.93. The highest BCUT2D eigenvalue weighted by Crippen LogP contribution is 2.43. The van der Waals surface area contributed by atoms with Crippen LogP contribution in [-0.4, -0.2) is 98.4 Å². The number of rotatable bonds is 16. The Hall–Kier alpha value is -3.30. The maximum Gasteiger partial charge on any atom is 0.308 e. The molecule has 1 saturated heterocycles. The number of fused-ring (bicyclic) bond motifs is 1. The molecule has 42 heavy (non-hydrogen) atoms. The highest BCUT2D eigenvalue weighted by Gasteiger charge is 2.47. The van der Waals surface area contributed by atoms with Gasteiger partial charge in [-0.25, -0.2) is 0 Å². The van der Waals surface area contributed by atoms with Gasteiger partial charge in [-0.3, -0.25) is 14.5 Å². The fraction of sp³-hybridized carbons (Fsp3) is 0.576. The van der Waals surface area contributed by atoms with E-state index in [1.807, 2.05) is 47.4 Å². The Morgan fingerprint density at radius 2 is 1.76 bits per heavy atom. The van der Waals surface area contributed by atoms with E-state index in [1.165, 1.54) is 0 Å². The zero-order valence-corrected chi connectivity index (χ0v) is 25.6. The van der Waals surface area contributed by atoms with E-state index >= 15 is 0 Å². The van der Waals surface area contributed by atoms with Crippen LogP contribution in [0.25, 0.3) is 0 Å². The summed E-state index contributed by atoms with van der Waals surface area (Å²) >= 11 is 0. The van der Waals surface area contributed by atoms with Gasteiger partial charge in [0, 0.05) is 31.6 Å². The number of ether oxygens (including phenoxy) is 3. The number of likely N-dealkylation sites (tertiary alicyclic amines) is 1. The molecule has 230 valence electrons. The van der Waals surface area contributed by atoms with Gasteiger partial charge < -0.3 is 29.1 Å². The van der Waals surface area contributed by atoms with Crippen molar-refractivity contribution in [1.29, 1.82) is 0 Å². The number of carboxylic acids is 1. The number of aliphatic carboxylic acids is 1. The lowest BCUT2D eigenvalue weighted by atomic mass is 9.83. The fourth-order valence-electron chi connectivity index (χ4n) is 6.26. The predicted molar refractivity (Wildman–Crippen MR) is 162 cm³/mol. The molecule has 0 aliphatic carbocycles. The van der Waals surface area contributed by atoms with Crippen LogP contribution in [0.5, 0.6) is 17.2 Å². The molecule has 1 N–H and O–H groups in total. The maximum absolute atomic E-state index is 13.8. The molecule has 0 radical (unpaired) electrons. The molecule has 3 atom stereocenters. The van der Waals surface area contributed by atoms with Gasteiger partial charge in [0.25, 0.3) is 0 Å². The minimum atomic E-state index is -0.843. The first-order valence-corrected chi connectivity index (χ1v) is 15.2. The van der Waals surface area contributed by atoms with Gasteiger partial charge in [0.05, 0.1) is 19.6 Å². The summed E-state index contributed by atoms with van der Waals surface area (Å²) in [4.78, 5) is 33.0. The van der Waals surface area contributed by atoms with Crippen LogP contribution in [0.15, 0.2) is 42.5 Å². The second-order valence-corrected chi connectivity index (χ2v) is 11.7. The van der Waals surface area contributed by atoms with E-state index in [1.54, 1.807) is 7.11 Å². The molecule has 0 saturated carbocycles. The van der Waals surface area contributed by atoms with Crippen molar-refractivity contribution in [3.8, 4) is 17.2 Å². The molecular weight excluding hydrogens is 534 g/mol. The van der Waals surface area contributed by atoms with Crippen LogP contribution >= 0.6 is 0 Å². The topological polar surface area (TPSA) is 91.8 Å². The standard InChI is InChI=1S/C33H47N3O6/c1-5-6-18-35(19-10-9-17-34(2)3)31(37)22-36-21-26(25-14-16-29-30(20-25)42-23-41-29)32(33(38)39)27(36)15-13-24-11-7-8-12-28(24)40-4/h7-8,11-12,14,16,20,26-27,32H,5-6,9-10,13,15,17-19,21-23H2,1-4H3,(H,38,39)/t26?,27-,32?/m0/s1. The number of para-hydroxylation sites is 1. The zero-order valence-electron chi connectivity index (χ0n) is 25.6. The minimum absolute atomic E-state index is 0.0751. The number of methoxy groups -OCH3 is 1. The molecule has 2 aliphatic heterocycles. The van der Waals surface area contributed by atoms with E-state index in [0.29, 0.717) is 30.9 Å². The van der Waals surface area contributed by atoms with Crippen molar-refractivity contribution in [2.24, 2.45) is 5.92 Å². The number of carbonyl (C=O) groups is 2. The highest BCUT2D eigenvalue weighted by atomic mass is 16.7. The van der Waals surface area contributed by atoms with E-state index in [0.717, 1.165) is 62.2 Å². The molecule has 4 rings (SSSR count). The van der Waals surface area contributed by atoms with Crippen LogP contribution in [0.3, 0.4) is 0 Å². The van der Waals surface area contributed by atoms with Gasteiger partial charge in [-0.1, -0.05) is 37.6 Å². The quantitative estimate of drug-likeness (QED) is 0.290. The molecule has 2 aliphatic rings. The van der Waals surface area contributed by atoms with Crippen LogP contribution < -0.4 is 14.2 Å². The van der Waals surface area contributed by atoms with Gasteiger partial charge in [-0.05, 0) is 82.1 Å². The van der Waals surface area contributed by atoms with E-state index in [9.17, 15) is 14.7 Å². The number of amides is 1. The van der Waals surface area contributed by atoms with Gasteiger partial charge in [0.15, 0.2) is 11.5 Å². The molecule has 0 aromatic heterocycles. The summed E-state index contributed by atoms with van der Waals surface area (Å²) in [5, 5.41) is 10.6. The van der Waals surface area contributed by atoms with Crippen molar-refractivity contribution < 1.29 is 28.9 Å². The number of nitrogens with zero attached hydrogens (tertiary/aromatic N) is 3. The SMILES string of the molecule is CCCCN(CCCCN(C)C)C(=O)CN1CC(c2ccc3c(c2)OCO3)C(C(=O)O)[C@@H]1CCc1ccccc1OC. The molecule has 1 fully saturated rings. The van der Waals surface area contributed by atoms with Gasteiger partial charge >= 0.3 is 5.97 Å². The number of hydrogen-bond donors (Lipinski definition) is 1. The first kappa shape index (κ1) is 31.6. The van der Waals surface area contributed by atoms with Crippen molar-refractivity contribution in [1.82, 2.24) is 14.7 Å². The van der Waals surface area contributed by atoms with Crippen LogP contribution in [0.1, 0.15) is 56.1 Å². The Balaban J connectivity index is 1.57. The Morgan fingerprint density at radius 3 is 2.50 bits per heavy atom. The monoisotopic (exact) mass is 581 g/mol. The van der Waals surface area contributed by atoms with Crippen LogP contribution in [0.2, 0.25) is 0 Å². The molecule has 9 heteroatoms. The summed E-state index contributed by atoms with van der Waals surface area (Å²) in [6, 6.07) is 13.2. The molecular formula is C33H47N3O6. The van der Waals surface area contributed by atoms with Gasteiger partial charge in [0.1, 0.15) is 5.75 Å². The number of benzene rings is 2. The van der Waals surface area contributed by atoms with Crippen molar-refractivity contribution >= 4 is 11.9 Å². The molecule has 2 heterocycles. The minimum Gasteiger partial charge on any atom is -0.496 e. The summed E-state index contributed by atoms with van der Waals surface area (Å²) in [7, 11) is 5.78. The van der Waals surface area contributed by atoms with Gasteiger partial charge in [-0.15, -0.1) is 0 Å². The Morgan fingerprint density at radius 1 is 1.02 bits per heavy atom. The highest BCUT2D eigenvalue weighted by molar-refractivity contribution is 5.79. The summed E-state index contributed by atoms with van der Waals surface area (Å²) in [6.07, 6.45) is 5.20. The Labute approximate surface area is 250 Å². The number of aryl methyl sites for hydroxylation is 1. The van der Waals surface area contributed by atoms with Crippen molar-refractivity contribution in [3.05, 3.63) is 53.6 Å². The fourth-order valence-corrected chi connectivity index (χ4v) is 6.26. The Kier molecular flexibility index (Phi) is 11.5. The van der Waals surface area contributed by atoms with Gasteiger partial charge in [0.2, 0.25) is 12.7 Å². The smallest absolute Gasteiger partial charge is 0.308 e. The van der Waals surface area contributed by atoms with E-state index in [2.05, 4.69) is 30.8 Å². The third-order valence-corrected chi connectivity index (χ3v) is 8.52. The number of carbonyl (C=O) groups excluding carboxylic acids is 1. The summed E-state index contributed by atoms with van der Waals surface area (Å²) in [6.45, 7) is 5.43. The third-order valence-electron chi connectivity index (χ3n) is 8.52. The van der Waals surface area contributed by atoms with Gasteiger partial charge in [-0.2, -0.15) is 0 Å². The van der Waals surface area contributed by atoms with Crippen LogP contribution in [0, 0.1) is 5.92 Å². The molecule has 2 aromatic rings. The lowest BCUT2D eigenvalue weighted by Crippen LogP contribution is -2.45. The maximum atomic E-state index is 13.8. The zero-order chi connectivity index (χ0) is 30.1. The molecule has 0 spiro atoms. The molecule has 9 nitrogen and oxygen atoms in total. The largest absolute Gasteiger partial charge is 0.496 e. The first-order valence-electron chi connectivity index (χ1n) is 15.2. The lowest BCUT2D eigenvalue weighted by Gasteiger charge is -2.30. The molecule has 1 amide bonds. The molecule has 0 bridgehead atoms. The van der Waals surface area contributed by atoms with Crippen molar-refractivity contribution in [2.45, 2.75) is 57.4 Å². The second-order valence-electron chi connectivity index (χ2n) is 11.7. The molecule has 2 unspecified atom stereocenters. The van der Waals surface area contributed by atoms with E-state index < -0.39 is 11.9 Å². The average molecular weight is 582 g/mol. The number of carboxylic acid groups (broad SMARTS) is 1.